The van der Waals surface area contributed by atoms with Crippen LogP contribution in [0.15, 0.2) is 69.5 Å². The van der Waals surface area contributed by atoms with Gasteiger partial charge in [-0.05, 0) is 35.8 Å². The quantitative estimate of drug-likeness (QED) is 0.767. The molecule has 1 aromatic rings. The summed E-state index contributed by atoms with van der Waals surface area (Å²) in [7, 11) is 0. The van der Waals surface area contributed by atoms with Crippen LogP contribution < -0.4 is 0 Å². The predicted octanol–water partition coefficient (Wildman–Crippen LogP) is 4.89. The lowest BCUT2D eigenvalue weighted by atomic mass is 9.99. The summed E-state index contributed by atoms with van der Waals surface area (Å²) < 4.78 is 0. The molecule has 0 amide bonds. The molecule has 0 N–H and O–H groups in total. The standard InChI is InChI=1S/C16H14S2/c1-17-13-9-8-12-10-14(18-2)15(16(12)13)11-6-4-3-5-7-11/h3-10H,1-2H3. The fourth-order valence-electron chi connectivity index (χ4n) is 2.42. The molecule has 18 heavy (non-hydrogen) atoms. The minimum Gasteiger partial charge on any atom is -0.129 e. The van der Waals surface area contributed by atoms with E-state index in [-0.39, 0.29) is 0 Å². The first kappa shape index (κ1) is 11.9. The van der Waals surface area contributed by atoms with Crippen LogP contribution in [0.3, 0.4) is 0 Å². The van der Waals surface area contributed by atoms with Crippen molar-refractivity contribution in [3.05, 3.63) is 75.1 Å². The summed E-state index contributed by atoms with van der Waals surface area (Å²) in [4.78, 5) is 2.76. The molecule has 0 saturated carbocycles. The molecular formula is C16H14S2. The number of benzene rings is 1. The molecule has 0 aliphatic heterocycles. The fraction of sp³-hybridized carbons (Fsp3) is 0.125. The normalized spacial score (nSPS) is 17.6. The van der Waals surface area contributed by atoms with Crippen LogP contribution in [-0.4, -0.2) is 12.5 Å². The second-order valence-corrected chi connectivity index (χ2v) is 5.88. The molecule has 3 rings (SSSR count). The third kappa shape index (κ3) is 1.80. The molecule has 0 unspecified atom stereocenters. The van der Waals surface area contributed by atoms with E-state index >= 15 is 0 Å². The van der Waals surface area contributed by atoms with Gasteiger partial charge in [-0.3, -0.25) is 0 Å². The molecule has 0 atom stereocenters. The van der Waals surface area contributed by atoms with Crippen molar-refractivity contribution >= 4 is 29.1 Å². The first-order chi connectivity index (χ1) is 8.85. The Morgan fingerprint density at radius 1 is 0.778 bits per heavy atom. The van der Waals surface area contributed by atoms with Crippen LogP contribution in [0.25, 0.3) is 5.57 Å². The third-order valence-corrected chi connectivity index (χ3v) is 4.78. The van der Waals surface area contributed by atoms with Crippen LogP contribution in [-0.2, 0) is 0 Å². The summed E-state index contributed by atoms with van der Waals surface area (Å²) in [5.41, 5.74) is 5.49. The number of thioether (sulfide) groups is 2. The van der Waals surface area contributed by atoms with Crippen molar-refractivity contribution in [1.29, 1.82) is 0 Å². The number of fused-ring (bicyclic) bond motifs is 1. The molecule has 1 aromatic carbocycles. The Hall–Kier alpha value is -1.12. The fourth-order valence-corrected chi connectivity index (χ4v) is 3.72. The van der Waals surface area contributed by atoms with Gasteiger partial charge in [0.1, 0.15) is 0 Å². The number of hydrogen-bond donors (Lipinski definition) is 0. The van der Waals surface area contributed by atoms with Crippen molar-refractivity contribution in [2.24, 2.45) is 0 Å². The van der Waals surface area contributed by atoms with Gasteiger partial charge in [0.15, 0.2) is 0 Å². The van der Waals surface area contributed by atoms with Crippen molar-refractivity contribution < 1.29 is 0 Å². The number of allylic oxidation sites excluding steroid dienone is 6. The summed E-state index contributed by atoms with van der Waals surface area (Å²) in [5, 5.41) is 0. The van der Waals surface area contributed by atoms with Crippen molar-refractivity contribution in [2.75, 3.05) is 12.5 Å². The first-order valence-electron chi connectivity index (χ1n) is 5.87. The molecular weight excluding hydrogens is 256 g/mol. The molecule has 0 aromatic heterocycles. The maximum atomic E-state index is 2.31. The Labute approximate surface area is 117 Å². The molecule has 2 aliphatic rings. The van der Waals surface area contributed by atoms with Crippen LogP contribution in [0.1, 0.15) is 5.56 Å². The van der Waals surface area contributed by atoms with Crippen LogP contribution in [0.2, 0.25) is 0 Å². The average molecular weight is 270 g/mol. The highest BCUT2D eigenvalue weighted by atomic mass is 32.2. The minimum absolute atomic E-state index is 1.32. The number of rotatable bonds is 3. The maximum Gasteiger partial charge on any atom is 0.0160 e. The SMILES string of the molecule is CSC1=C2C(=CC(SC)=C2c2ccccc2)C=C1. The van der Waals surface area contributed by atoms with Crippen molar-refractivity contribution in [1.82, 2.24) is 0 Å². The zero-order valence-electron chi connectivity index (χ0n) is 10.4. The Kier molecular flexibility index (Phi) is 3.23. The van der Waals surface area contributed by atoms with E-state index in [4.69, 9.17) is 0 Å². The molecule has 0 heterocycles. The molecule has 0 saturated heterocycles. The highest BCUT2D eigenvalue weighted by Gasteiger charge is 2.26. The van der Waals surface area contributed by atoms with Crippen LogP contribution in [0.5, 0.6) is 0 Å². The van der Waals surface area contributed by atoms with Crippen molar-refractivity contribution in [3.63, 3.8) is 0 Å². The molecule has 2 heteroatoms. The minimum atomic E-state index is 1.32. The van der Waals surface area contributed by atoms with Gasteiger partial charge in [-0.15, -0.1) is 23.5 Å². The van der Waals surface area contributed by atoms with Gasteiger partial charge in [0, 0.05) is 21.0 Å². The summed E-state index contributed by atoms with van der Waals surface area (Å²) >= 11 is 3.66. The van der Waals surface area contributed by atoms with Gasteiger partial charge in [0.25, 0.3) is 0 Å². The van der Waals surface area contributed by atoms with E-state index in [9.17, 15) is 0 Å². The zero-order chi connectivity index (χ0) is 12.5. The highest BCUT2D eigenvalue weighted by Crippen LogP contribution is 2.48. The average Bonchev–Trinajstić information content (AvgIpc) is 2.97. The topological polar surface area (TPSA) is 0 Å². The monoisotopic (exact) mass is 270 g/mol. The van der Waals surface area contributed by atoms with Gasteiger partial charge >= 0.3 is 0 Å². The molecule has 0 spiro atoms. The van der Waals surface area contributed by atoms with Crippen LogP contribution in [0.4, 0.5) is 0 Å². The van der Waals surface area contributed by atoms with Crippen molar-refractivity contribution in [3.8, 4) is 0 Å². The van der Waals surface area contributed by atoms with Gasteiger partial charge in [-0.2, -0.15) is 0 Å². The van der Waals surface area contributed by atoms with Gasteiger partial charge in [0.05, 0.1) is 0 Å². The van der Waals surface area contributed by atoms with Crippen LogP contribution >= 0.6 is 23.5 Å². The molecule has 0 bridgehead atoms. The summed E-state index contributed by atoms with van der Waals surface area (Å²) in [6, 6.07) is 10.7. The lowest BCUT2D eigenvalue weighted by Crippen LogP contribution is -1.89. The van der Waals surface area contributed by atoms with Gasteiger partial charge in [0.2, 0.25) is 0 Å². The van der Waals surface area contributed by atoms with E-state index in [1.54, 1.807) is 0 Å². The lowest BCUT2D eigenvalue weighted by Gasteiger charge is -2.10. The second kappa shape index (κ2) is 4.87. The first-order valence-corrected chi connectivity index (χ1v) is 8.32. The van der Waals surface area contributed by atoms with Gasteiger partial charge in [-0.25, -0.2) is 0 Å². The Bertz CT molecular complexity index is 601. The van der Waals surface area contributed by atoms with E-state index in [2.05, 4.69) is 61.1 Å². The Morgan fingerprint density at radius 2 is 1.50 bits per heavy atom. The van der Waals surface area contributed by atoms with E-state index in [0.717, 1.165) is 0 Å². The lowest BCUT2D eigenvalue weighted by molar-refractivity contribution is 1.58. The molecule has 2 aliphatic carbocycles. The molecule has 0 nitrogen and oxygen atoms in total. The Balaban J connectivity index is 2.18. The largest absolute Gasteiger partial charge is 0.129 e. The second-order valence-electron chi connectivity index (χ2n) is 4.19. The Morgan fingerprint density at radius 3 is 2.17 bits per heavy atom. The summed E-state index contributed by atoms with van der Waals surface area (Å²) in [5.74, 6) is 0. The summed E-state index contributed by atoms with van der Waals surface area (Å²) in [6.07, 6.45) is 11.1. The zero-order valence-corrected chi connectivity index (χ0v) is 12.1. The van der Waals surface area contributed by atoms with E-state index < -0.39 is 0 Å². The molecule has 0 fully saturated rings. The third-order valence-electron chi connectivity index (χ3n) is 3.23. The van der Waals surface area contributed by atoms with Gasteiger partial charge in [-0.1, -0.05) is 36.4 Å². The molecule has 0 radical (unpaired) electrons. The van der Waals surface area contributed by atoms with Crippen molar-refractivity contribution in [2.45, 2.75) is 0 Å². The predicted molar refractivity (Wildman–Crippen MR) is 84.6 cm³/mol. The maximum absolute atomic E-state index is 2.31. The highest BCUT2D eigenvalue weighted by molar-refractivity contribution is 8.03. The molecule has 90 valence electrons. The van der Waals surface area contributed by atoms with E-state index in [1.807, 2.05) is 23.5 Å². The number of hydrogen-bond acceptors (Lipinski definition) is 2. The summed E-state index contributed by atoms with van der Waals surface area (Å²) in [6.45, 7) is 0. The van der Waals surface area contributed by atoms with E-state index in [0.29, 0.717) is 0 Å². The van der Waals surface area contributed by atoms with Crippen LogP contribution in [0, 0.1) is 0 Å². The smallest absolute Gasteiger partial charge is 0.0160 e. The van der Waals surface area contributed by atoms with Gasteiger partial charge < -0.3 is 0 Å². The van der Waals surface area contributed by atoms with E-state index in [1.165, 1.54) is 32.1 Å².